The number of hydrogen-bond acceptors (Lipinski definition) is 2. The minimum atomic E-state index is -0.431. The van der Waals surface area contributed by atoms with Crippen LogP contribution in [-0.4, -0.2) is 5.91 Å². The average molecular weight is 276 g/mol. The first-order chi connectivity index (χ1) is 9.61. The number of aryl methyl sites for hydroxylation is 1. The number of primary amides is 1. The highest BCUT2D eigenvalue weighted by Gasteiger charge is 2.13. The molecule has 3 nitrogen and oxygen atoms in total. The minimum absolute atomic E-state index is 0.431. The summed E-state index contributed by atoms with van der Waals surface area (Å²) in [5, 5.41) is 0. The molecule has 0 spiro atoms. The van der Waals surface area contributed by atoms with Crippen LogP contribution in [0.2, 0.25) is 0 Å². The molecule has 0 aliphatic rings. The number of anilines is 1. The van der Waals surface area contributed by atoms with Gasteiger partial charge in [-0.15, -0.1) is 0 Å². The lowest BCUT2D eigenvalue weighted by molar-refractivity contribution is 0.100. The molecule has 1 amide bonds. The zero-order valence-corrected chi connectivity index (χ0v) is 12.9. The molecule has 0 fully saturated rings. The Morgan fingerprint density at radius 1 is 1.00 bits per heavy atom. The Hall–Kier alpha value is -1.51. The Labute approximate surface area is 122 Å². The van der Waals surface area contributed by atoms with E-state index in [2.05, 4.69) is 13.8 Å². The summed E-state index contributed by atoms with van der Waals surface area (Å²) in [6.45, 7) is 4.39. The van der Waals surface area contributed by atoms with Gasteiger partial charge in [-0.2, -0.15) is 0 Å². The van der Waals surface area contributed by atoms with Gasteiger partial charge in [-0.1, -0.05) is 45.6 Å². The number of unbranched alkanes of at least 4 members (excludes halogenated alkanes) is 4. The summed E-state index contributed by atoms with van der Waals surface area (Å²) < 4.78 is 0. The minimum Gasteiger partial charge on any atom is -0.398 e. The third kappa shape index (κ3) is 4.55. The fourth-order valence-corrected chi connectivity index (χ4v) is 2.57. The number of amides is 1. The molecule has 20 heavy (non-hydrogen) atoms. The molecule has 0 bridgehead atoms. The average Bonchev–Trinajstić information content (AvgIpc) is 2.41. The molecule has 1 aromatic rings. The van der Waals surface area contributed by atoms with E-state index in [0.717, 1.165) is 24.8 Å². The van der Waals surface area contributed by atoms with Gasteiger partial charge in [0.15, 0.2) is 0 Å². The Balaban J connectivity index is 2.96. The Morgan fingerprint density at radius 2 is 1.60 bits per heavy atom. The number of carbonyl (C=O) groups excluding carboxylic acids is 1. The molecular formula is C17H28N2O. The molecule has 0 saturated heterocycles. The molecule has 4 N–H and O–H groups in total. The maximum Gasteiger partial charge on any atom is 0.250 e. The van der Waals surface area contributed by atoms with Crippen LogP contribution in [0.5, 0.6) is 0 Å². The highest BCUT2D eigenvalue weighted by Crippen LogP contribution is 2.25. The standard InChI is InChI=1S/C17H28N2O/c1-3-5-7-9-13-11-12-15(17(19)20)16(18)14(13)10-8-6-4-2/h11-12H,3-10,18H2,1-2H3,(H2,19,20). The fourth-order valence-electron chi connectivity index (χ4n) is 2.57. The van der Waals surface area contributed by atoms with Crippen molar-refractivity contribution in [1.29, 1.82) is 0 Å². The fraction of sp³-hybridized carbons (Fsp3) is 0.588. The van der Waals surface area contributed by atoms with Crippen LogP contribution in [0.15, 0.2) is 12.1 Å². The predicted molar refractivity (Wildman–Crippen MR) is 85.8 cm³/mol. The van der Waals surface area contributed by atoms with Crippen molar-refractivity contribution in [2.75, 3.05) is 5.73 Å². The summed E-state index contributed by atoms with van der Waals surface area (Å²) in [6.07, 6.45) is 9.08. The van der Waals surface area contributed by atoms with E-state index in [1.165, 1.54) is 37.7 Å². The number of nitrogens with two attached hydrogens (primary N) is 2. The SMILES string of the molecule is CCCCCc1ccc(C(N)=O)c(N)c1CCCCC. The molecule has 0 radical (unpaired) electrons. The molecule has 0 heterocycles. The zero-order chi connectivity index (χ0) is 15.0. The van der Waals surface area contributed by atoms with Gasteiger partial charge >= 0.3 is 0 Å². The van der Waals surface area contributed by atoms with Crippen molar-refractivity contribution in [1.82, 2.24) is 0 Å². The second kappa shape index (κ2) is 8.62. The molecule has 0 unspecified atom stereocenters. The van der Waals surface area contributed by atoms with Crippen LogP contribution in [0.25, 0.3) is 0 Å². The van der Waals surface area contributed by atoms with Gasteiger partial charge in [-0.25, -0.2) is 0 Å². The summed E-state index contributed by atoms with van der Waals surface area (Å²) in [4.78, 5) is 11.4. The number of carbonyl (C=O) groups is 1. The van der Waals surface area contributed by atoms with Gasteiger partial charge in [0.1, 0.15) is 0 Å². The summed E-state index contributed by atoms with van der Waals surface area (Å²) in [5.74, 6) is -0.431. The molecule has 0 atom stereocenters. The molecule has 0 aromatic heterocycles. The summed E-state index contributed by atoms with van der Waals surface area (Å²) in [6, 6.07) is 3.82. The Bertz CT molecular complexity index is 441. The first-order valence-electron chi connectivity index (χ1n) is 7.81. The highest BCUT2D eigenvalue weighted by atomic mass is 16.1. The van der Waals surface area contributed by atoms with Crippen LogP contribution >= 0.6 is 0 Å². The third-order valence-electron chi connectivity index (χ3n) is 3.80. The van der Waals surface area contributed by atoms with Crippen molar-refractivity contribution in [3.63, 3.8) is 0 Å². The van der Waals surface area contributed by atoms with E-state index in [9.17, 15) is 4.79 Å². The lowest BCUT2D eigenvalue weighted by Gasteiger charge is -2.15. The summed E-state index contributed by atoms with van der Waals surface area (Å²) in [7, 11) is 0. The van der Waals surface area contributed by atoms with Crippen LogP contribution in [-0.2, 0) is 12.8 Å². The molecule has 112 valence electrons. The molecule has 3 heteroatoms. The van der Waals surface area contributed by atoms with E-state index in [0.29, 0.717) is 11.3 Å². The lowest BCUT2D eigenvalue weighted by atomic mass is 9.93. The van der Waals surface area contributed by atoms with Crippen LogP contribution in [0.1, 0.15) is 73.9 Å². The Morgan fingerprint density at radius 3 is 2.15 bits per heavy atom. The predicted octanol–water partition coefficient (Wildman–Crippen LogP) is 3.83. The van der Waals surface area contributed by atoms with E-state index in [4.69, 9.17) is 11.5 Å². The monoisotopic (exact) mass is 276 g/mol. The topological polar surface area (TPSA) is 69.1 Å². The Kier molecular flexibility index (Phi) is 7.13. The van der Waals surface area contributed by atoms with E-state index < -0.39 is 5.91 Å². The van der Waals surface area contributed by atoms with Crippen molar-refractivity contribution in [2.45, 2.75) is 65.2 Å². The molecule has 1 rings (SSSR count). The van der Waals surface area contributed by atoms with Gasteiger partial charge in [-0.3, -0.25) is 4.79 Å². The van der Waals surface area contributed by atoms with Crippen molar-refractivity contribution >= 4 is 11.6 Å². The number of benzene rings is 1. The van der Waals surface area contributed by atoms with Crippen LogP contribution in [0.3, 0.4) is 0 Å². The van der Waals surface area contributed by atoms with Crippen molar-refractivity contribution in [2.24, 2.45) is 5.73 Å². The normalized spacial score (nSPS) is 10.7. The lowest BCUT2D eigenvalue weighted by Crippen LogP contribution is -2.15. The van der Waals surface area contributed by atoms with Gasteiger partial charge in [0, 0.05) is 5.69 Å². The van der Waals surface area contributed by atoms with E-state index >= 15 is 0 Å². The molecule has 1 aromatic carbocycles. The van der Waals surface area contributed by atoms with Crippen LogP contribution in [0.4, 0.5) is 5.69 Å². The number of nitrogen functional groups attached to an aromatic ring is 1. The summed E-state index contributed by atoms with van der Waals surface area (Å²) in [5.41, 5.74) is 15.1. The summed E-state index contributed by atoms with van der Waals surface area (Å²) >= 11 is 0. The molecule has 0 aliphatic heterocycles. The number of rotatable bonds is 9. The maximum atomic E-state index is 11.4. The van der Waals surface area contributed by atoms with Crippen LogP contribution < -0.4 is 11.5 Å². The first-order valence-corrected chi connectivity index (χ1v) is 7.81. The van der Waals surface area contributed by atoms with E-state index in [1.54, 1.807) is 6.07 Å². The second-order valence-electron chi connectivity index (χ2n) is 5.44. The highest BCUT2D eigenvalue weighted by molar-refractivity contribution is 5.98. The maximum absolute atomic E-state index is 11.4. The largest absolute Gasteiger partial charge is 0.398 e. The smallest absolute Gasteiger partial charge is 0.250 e. The number of hydrogen-bond donors (Lipinski definition) is 2. The molecule has 0 saturated carbocycles. The third-order valence-corrected chi connectivity index (χ3v) is 3.80. The van der Waals surface area contributed by atoms with E-state index in [1.807, 2.05) is 6.07 Å². The van der Waals surface area contributed by atoms with Crippen molar-refractivity contribution in [3.8, 4) is 0 Å². The van der Waals surface area contributed by atoms with Gasteiger partial charge in [0.2, 0.25) is 0 Å². The van der Waals surface area contributed by atoms with Crippen molar-refractivity contribution < 1.29 is 4.79 Å². The quantitative estimate of drug-likeness (QED) is 0.531. The van der Waals surface area contributed by atoms with Gasteiger partial charge in [-0.05, 0) is 42.9 Å². The van der Waals surface area contributed by atoms with Gasteiger partial charge < -0.3 is 11.5 Å². The first kappa shape index (κ1) is 16.5. The molecular weight excluding hydrogens is 248 g/mol. The van der Waals surface area contributed by atoms with Crippen molar-refractivity contribution in [3.05, 3.63) is 28.8 Å². The zero-order valence-electron chi connectivity index (χ0n) is 12.9. The van der Waals surface area contributed by atoms with Gasteiger partial charge in [0.25, 0.3) is 5.91 Å². The van der Waals surface area contributed by atoms with Gasteiger partial charge in [0.05, 0.1) is 5.56 Å². The molecule has 0 aliphatic carbocycles. The second-order valence-corrected chi connectivity index (χ2v) is 5.44. The van der Waals surface area contributed by atoms with Crippen LogP contribution in [0, 0.1) is 0 Å². The van der Waals surface area contributed by atoms with E-state index in [-0.39, 0.29) is 0 Å².